The molecular formula is C20H24N2O3. The van der Waals surface area contributed by atoms with Crippen LogP contribution in [0.25, 0.3) is 0 Å². The van der Waals surface area contributed by atoms with Gasteiger partial charge in [-0.3, -0.25) is 9.59 Å². The summed E-state index contributed by atoms with van der Waals surface area (Å²) in [6, 6.07) is 15.8. The average Bonchev–Trinajstić information content (AvgIpc) is 2.65. The maximum Gasteiger partial charge on any atom is 0.253 e. The Morgan fingerprint density at radius 1 is 1.08 bits per heavy atom. The number of nitrogens with zero attached hydrogens (tertiary/aromatic N) is 1. The second-order valence-corrected chi connectivity index (χ2v) is 6.22. The van der Waals surface area contributed by atoms with Gasteiger partial charge in [0.2, 0.25) is 0 Å². The molecular weight excluding hydrogens is 316 g/mol. The van der Waals surface area contributed by atoms with Crippen LogP contribution in [-0.2, 0) is 5.60 Å². The van der Waals surface area contributed by atoms with Crippen molar-refractivity contribution in [1.29, 1.82) is 0 Å². The van der Waals surface area contributed by atoms with Crippen LogP contribution in [0.4, 0.5) is 0 Å². The number of nitrogens with one attached hydrogen (secondary N) is 1. The third kappa shape index (κ3) is 4.67. The van der Waals surface area contributed by atoms with Gasteiger partial charge in [0, 0.05) is 24.7 Å². The van der Waals surface area contributed by atoms with E-state index in [9.17, 15) is 14.7 Å². The molecule has 2 N–H and O–H groups in total. The molecule has 0 bridgehead atoms. The summed E-state index contributed by atoms with van der Waals surface area (Å²) in [5.41, 5.74) is 0.405. The minimum atomic E-state index is -1.17. The van der Waals surface area contributed by atoms with E-state index < -0.39 is 5.60 Å². The number of hydrogen-bond acceptors (Lipinski definition) is 3. The Labute approximate surface area is 148 Å². The van der Waals surface area contributed by atoms with Crippen LogP contribution in [0, 0.1) is 0 Å². The zero-order valence-electron chi connectivity index (χ0n) is 14.8. The summed E-state index contributed by atoms with van der Waals surface area (Å²) in [7, 11) is 1.71. The van der Waals surface area contributed by atoms with Gasteiger partial charge in [-0.2, -0.15) is 0 Å². The molecule has 1 atom stereocenters. The molecule has 0 aromatic heterocycles. The molecule has 5 nitrogen and oxygen atoms in total. The number of hydrogen-bond donors (Lipinski definition) is 2. The van der Waals surface area contributed by atoms with Crippen LogP contribution in [0.3, 0.4) is 0 Å². The Morgan fingerprint density at radius 3 is 2.36 bits per heavy atom. The highest BCUT2D eigenvalue weighted by Crippen LogP contribution is 2.19. The van der Waals surface area contributed by atoms with Gasteiger partial charge in [-0.25, -0.2) is 0 Å². The van der Waals surface area contributed by atoms with E-state index in [2.05, 4.69) is 5.32 Å². The van der Waals surface area contributed by atoms with Crippen molar-refractivity contribution in [2.24, 2.45) is 0 Å². The van der Waals surface area contributed by atoms with Gasteiger partial charge in [0.15, 0.2) is 0 Å². The first-order valence-corrected chi connectivity index (χ1v) is 8.27. The SMILES string of the molecule is CCN(C)C(=O)c1cccc(C(=O)NCC(C)(O)c2ccccc2)c1. The first-order valence-electron chi connectivity index (χ1n) is 8.27. The molecule has 132 valence electrons. The Balaban J connectivity index is 2.07. The Hall–Kier alpha value is -2.66. The van der Waals surface area contributed by atoms with E-state index in [1.165, 1.54) is 0 Å². The number of carbonyl (C=O) groups excluding carboxylic acids is 2. The van der Waals surface area contributed by atoms with Crippen molar-refractivity contribution in [3.63, 3.8) is 0 Å². The topological polar surface area (TPSA) is 69.6 Å². The van der Waals surface area contributed by atoms with E-state index in [0.29, 0.717) is 17.7 Å². The first-order chi connectivity index (χ1) is 11.8. The largest absolute Gasteiger partial charge is 0.384 e. The highest BCUT2D eigenvalue weighted by Gasteiger charge is 2.24. The smallest absolute Gasteiger partial charge is 0.253 e. The molecule has 0 radical (unpaired) electrons. The van der Waals surface area contributed by atoms with Gasteiger partial charge in [0.05, 0.1) is 6.54 Å². The predicted octanol–water partition coefficient (Wildman–Crippen LogP) is 2.42. The summed E-state index contributed by atoms with van der Waals surface area (Å²) in [4.78, 5) is 26.2. The molecule has 2 amide bonds. The molecule has 2 aromatic carbocycles. The maximum atomic E-state index is 12.4. The van der Waals surface area contributed by atoms with E-state index in [-0.39, 0.29) is 18.4 Å². The molecule has 5 heteroatoms. The highest BCUT2D eigenvalue weighted by molar-refractivity contribution is 5.99. The van der Waals surface area contributed by atoms with Gasteiger partial charge in [0.25, 0.3) is 11.8 Å². The normalized spacial score (nSPS) is 13.0. The van der Waals surface area contributed by atoms with Crippen molar-refractivity contribution in [3.05, 3.63) is 71.3 Å². The molecule has 0 aliphatic carbocycles. The standard InChI is InChI=1S/C20H24N2O3/c1-4-22(3)19(24)16-10-8-9-15(13-16)18(23)21-14-20(2,25)17-11-6-5-7-12-17/h5-13,25H,4,14H2,1-3H3,(H,21,23). The summed E-state index contributed by atoms with van der Waals surface area (Å²) >= 11 is 0. The van der Waals surface area contributed by atoms with Crippen LogP contribution in [0.5, 0.6) is 0 Å². The van der Waals surface area contributed by atoms with Crippen molar-refractivity contribution in [2.75, 3.05) is 20.1 Å². The molecule has 2 rings (SSSR count). The lowest BCUT2D eigenvalue weighted by molar-refractivity contribution is 0.0526. The number of amides is 2. The number of carbonyl (C=O) groups is 2. The van der Waals surface area contributed by atoms with E-state index in [1.54, 1.807) is 43.1 Å². The molecule has 25 heavy (non-hydrogen) atoms. The minimum Gasteiger partial charge on any atom is -0.384 e. The molecule has 0 spiro atoms. The van der Waals surface area contributed by atoms with Gasteiger partial charge in [-0.05, 0) is 37.6 Å². The van der Waals surface area contributed by atoms with Gasteiger partial charge in [0.1, 0.15) is 5.60 Å². The fourth-order valence-electron chi connectivity index (χ4n) is 2.41. The number of aliphatic hydroxyl groups is 1. The quantitative estimate of drug-likeness (QED) is 0.848. The van der Waals surface area contributed by atoms with Crippen molar-refractivity contribution in [2.45, 2.75) is 19.4 Å². The lowest BCUT2D eigenvalue weighted by atomic mass is 9.96. The van der Waals surface area contributed by atoms with Crippen LogP contribution >= 0.6 is 0 Å². The van der Waals surface area contributed by atoms with Crippen molar-refractivity contribution >= 4 is 11.8 Å². The first kappa shape index (κ1) is 18.7. The van der Waals surface area contributed by atoms with Crippen LogP contribution in [-0.4, -0.2) is 42.0 Å². The predicted molar refractivity (Wildman–Crippen MR) is 97.4 cm³/mol. The molecule has 1 unspecified atom stereocenters. The molecule has 0 saturated heterocycles. The van der Waals surface area contributed by atoms with Crippen molar-refractivity contribution in [1.82, 2.24) is 10.2 Å². The van der Waals surface area contributed by atoms with Gasteiger partial charge in [-0.1, -0.05) is 36.4 Å². The zero-order valence-corrected chi connectivity index (χ0v) is 14.8. The zero-order chi connectivity index (χ0) is 18.4. The van der Waals surface area contributed by atoms with Crippen molar-refractivity contribution < 1.29 is 14.7 Å². The maximum absolute atomic E-state index is 12.4. The fourth-order valence-corrected chi connectivity index (χ4v) is 2.41. The van der Waals surface area contributed by atoms with Gasteiger partial charge < -0.3 is 15.3 Å². The third-order valence-electron chi connectivity index (χ3n) is 4.18. The average molecular weight is 340 g/mol. The molecule has 2 aromatic rings. The van der Waals surface area contributed by atoms with E-state index in [4.69, 9.17) is 0 Å². The van der Waals surface area contributed by atoms with Crippen LogP contribution in [0.1, 0.15) is 40.1 Å². The second-order valence-electron chi connectivity index (χ2n) is 6.22. The lowest BCUT2D eigenvalue weighted by Gasteiger charge is -2.24. The fraction of sp³-hybridized carbons (Fsp3) is 0.300. The molecule has 0 heterocycles. The monoisotopic (exact) mass is 340 g/mol. The second kappa shape index (κ2) is 7.94. The lowest BCUT2D eigenvalue weighted by Crippen LogP contribution is -2.38. The van der Waals surface area contributed by atoms with E-state index in [1.807, 2.05) is 37.3 Å². The van der Waals surface area contributed by atoms with Gasteiger partial charge >= 0.3 is 0 Å². The number of benzene rings is 2. The van der Waals surface area contributed by atoms with E-state index >= 15 is 0 Å². The summed E-state index contributed by atoms with van der Waals surface area (Å²) in [6.07, 6.45) is 0. The molecule has 0 aliphatic rings. The summed E-state index contributed by atoms with van der Waals surface area (Å²) in [5.74, 6) is -0.460. The van der Waals surface area contributed by atoms with Crippen LogP contribution in [0.15, 0.2) is 54.6 Å². The molecule has 0 fully saturated rings. The Kier molecular flexibility index (Phi) is 5.93. The Bertz CT molecular complexity index is 742. The molecule has 0 saturated carbocycles. The highest BCUT2D eigenvalue weighted by atomic mass is 16.3. The van der Waals surface area contributed by atoms with Gasteiger partial charge in [-0.15, -0.1) is 0 Å². The number of rotatable bonds is 6. The van der Waals surface area contributed by atoms with E-state index in [0.717, 1.165) is 5.56 Å². The summed E-state index contributed by atoms with van der Waals surface area (Å²) in [6.45, 7) is 4.21. The minimum absolute atomic E-state index is 0.0723. The molecule has 0 aliphatic heterocycles. The summed E-state index contributed by atoms with van der Waals surface area (Å²) < 4.78 is 0. The van der Waals surface area contributed by atoms with Crippen molar-refractivity contribution in [3.8, 4) is 0 Å². The van der Waals surface area contributed by atoms with Crippen LogP contribution < -0.4 is 5.32 Å². The summed E-state index contributed by atoms with van der Waals surface area (Å²) in [5, 5.41) is 13.3. The third-order valence-corrected chi connectivity index (χ3v) is 4.18. The van der Waals surface area contributed by atoms with Crippen LogP contribution in [0.2, 0.25) is 0 Å². The Morgan fingerprint density at radius 2 is 1.72 bits per heavy atom.